The van der Waals surface area contributed by atoms with Gasteiger partial charge >= 0.3 is 0 Å². The third-order valence-corrected chi connectivity index (χ3v) is 6.95. The van der Waals surface area contributed by atoms with Crippen molar-refractivity contribution in [2.75, 3.05) is 19.7 Å². The van der Waals surface area contributed by atoms with Gasteiger partial charge in [0.2, 0.25) is 5.91 Å². The van der Waals surface area contributed by atoms with Gasteiger partial charge in [0.15, 0.2) is 0 Å². The van der Waals surface area contributed by atoms with E-state index in [2.05, 4.69) is 44.9 Å². The molecule has 2 aliphatic heterocycles. The van der Waals surface area contributed by atoms with E-state index in [1.165, 1.54) is 5.52 Å². The molecule has 0 bridgehead atoms. The summed E-state index contributed by atoms with van der Waals surface area (Å²) in [5.41, 5.74) is 3.17. The lowest BCUT2D eigenvalue weighted by molar-refractivity contribution is -0.131. The van der Waals surface area contributed by atoms with Crippen molar-refractivity contribution in [1.82, 2.24) is 24.8 Å². The first kappa shape index (κ1) is 22.0. The maximum absolute atomic E-state index is 12.9. The largest absolute Gasteiger partial charge is 0.368 e. The number of para-hydroxylation sites is 2. The maximum Gasteiger partial charge on any atom is 0.249 e. The van der Waals surface area contributed by atoms with Gasteiger partial charge in [0.25, 0.3) is 0 Å². The van der Waals surface area contributed by atoms with Crippen molar-refractivity contribution in [3.63, 3.8) is 0 Å². The van der Waals surface area contributed by atoms with E-state index in [0.717, 1.165) is 68.9 Å². The highest BCUT2D eigenvalue weighted by molar-refractivity contribution is 5.81. The molecule has 7 heteroatoms. The van der Waals surface area contributed by atoms with Gasteiger partial charge in [-0.1, -0.05) is 18.2 Å². The molecule has 1 aromatic carbocycles. The Bertz CT molecular complexity index is 1080. The number of aryl methyl sites for hydroxylation is 1. The Hall–Kier alpha value is -2.77. The van der Waals surface area contributed by atoms with Gasteiger partial charge < -0.3 is 14.6 Å². The first-order chi connectivity index (χ1) is 16.2. The highest BCUT2D eigenvalue weighted by atomic mass is 16.5. The summed E-state index contributed by atoms with van der Waals surface area (Å²) >= 11 is 0. The van der Waals surface area contributed by atoms with Crippen LogP contribution in [0.1, 0.15) is 50.2 Å². The van der Waals surface area contributed by atoms with Crippen molar-refractivity contribution >= 4 is 16.9 Å². The number of likely N-dealkylation sites (tertiary alicyclic amines) is 1. The van der Waals surface area contributed by atoms with Gasteiger partial charge in [-0.2, -0.15) is 0 Å². The first-order valence-corrected chi connectivity index (χ1v) is 12.2. The fourth-order valence-electron chi connectivity index (χ4n) is 5.33. The van der Waals surface area contributed by atoms with E-state index >= 15 is 0 Å². The van der Waals surface area contributed by atoms with Crippen LogP contribution in [0, 0.1) is 5.92 Å². The van der Waals surface area contributed by atoms with Crippen molar-refractivity contribution in [3.8, 4) is 0 Å². The molecule has 0 spiro atoms. The SMILES string of the molecule is CCn1c(CN2CCC[C@@H]([C@H](NC(=O)[C@@H]3CCCO3)c3ccccn3)C2)nc2ccccc21. The van der Waals surface area contributed by atoms with Gasteiger partial charge in [0.1, 0.15) is 11.9 Å². The van der Waals surface area contributed by atoms with E-state index in [1.54, 1.807) is 0 Å². The Morgan fingerprint density at radius 2 is 2.06 bits per heavy atom. The minimum atomic E-state index is -0.333. The fourth-order valence-corrected chi connectivity index (χ4v) is 5.33. The average molecular weight is 448 g/mol. The lowest BCUT2D eigenvalue weighted by Crippen LogP contribution is -2.45. The van der Waals surface area contributed by atoms with Crippen LogP contribution in [0.2, 0.25) is 0 Å². The van der Waals surface area contributed by atoms with Crippen LogP contribution >= 0.6 is 0 Å². The van der Waals surface area contributed by atoms with E-state index in [4.69, 9.17) is 9.72 Å². The molecule has 7 nitrogen and oxygen atoms in total. The Labute approximate surface area is 195 Å². The van der Waals surface area contributed by atoms with Crippen molar-refractivity contribution < 1.29 is 9.53 Å². The zero-order valence-electron chi connectivity index (χ0n) is 19.3. The molecule has 1 N–H and O–H groups in total. The average Bonchev–Trinajstić information content (AvgIpc) is 3.51. The Morgan fingerprint density at radius 3 is 2.85 bits per heavy atom. The molecular formula is C26H33N5O2. The second-order valence-electron chi connectivity index (χ2n) is 9.14. The molecule has 0 saturated carbocycles. The topological polar surface area (TPSA) is 72.3 Å². The predicted molar refractivity (Wildman–Crippen MR) is 128 cm³/mol. The number of piperidine rings is 1. The molecule has 0 unspecified atom stereocenters. The number of benzene rings is 1. The number of ether oxygens (including phenoxy) is 1. The lowest BCUT2D eigenvalue weighted by atomic mass is 9.88. The van der Waals surface area contributed by atoms with Crippen molar-refractivity contribution in [2.24, 2.45) is 5.92 Å². The molecular weight excluding hydrogens is 414 g/mol. The second kappa shape index (κ2) is 10.0. The molecule has 4 heterocycles. The van der Waals surface area contributed by atoms with Crippen LogP contribution in [0.25, 0.3) is 11.0 Å². The van der Waals surface area contributed by atoms with Crippen LogP contribution in [0.3, 0.4) is 0 Å². The van der Waals surface area contributed by atoms with E-state index in [9.17, 15) is 4.79 Å². The third kappa shape index (κ3) is 4.80. The molecule has 1 amide bonds. The molecule has 2 aliphatic rings. The number of pyridine rings is 1. The number of aromatic nitrogens is 3. The fraction of sp³-hybridized carbons (Fsp3) is 0.500. The maximum atomic E-state index is 12.9. The molecule has 5 rings (SSSR count). The third-order valence-electron chi connectivity index (χ3n) is 6.95. The summed E-state index contributed by atoms with van der Waals surface area (Å²) in [6.07, 6.45) is 5.38. The van der Waals surface area contributed by atoms with Gasteiger partial charge in [0.05, 0.1) is 29.3 Å². The summed E-state index contributed by atoms with van der Waals surface area (Å²) in [4.78, 5) is 25.0. The van der Waals surface area contributed by atoms with Crippen LogP contribution in [0.4, 0.5) is 0 Å². The number of hydrogen-bond donors (Lipinski definition) is 1. The zero-order valence-corrected chi connectivity index (χ0v) is 19.3. The zero-order chi connectivity index (χ0) is 22.6. The smallest absolute Gasteiger partial charge is 0.249 e. The van der Waals surface area contributed by atoms with Gasteiger partial charge in [-0.3, -0.25) is 14.7 Å². The Balaban J connectivity index is 1.34. The van der Waals surface area contributed by atoms with Crippen LogP contribution in [0.15, 0.2) is 48.7 Å². The molecule has 33 heavy (non-hydrogen) atoms. The number of carbonyl (C=O) groups excluding carboxylic acids is 1. The summed E-state index contributed by atoms with van der Waals surface area (Å²) in [7, 11) is 0. The molecule has 0 aliphatic carbocycles. The number of amides is 1. The van der Waals surface area contributed by atoms with E-state index in [0.29, 0.717) is 12.5 Å². The highest BCUT2D eigenvalue weighted by Crippen LogP contribution is 2.30. The molecule has 2 aromatic heterocycles. The lowest BCUT2D eigenvalue weighted by Gasteiger charge is -2.37. The number of carbonyl (C=O) groups is 1. The quantitative estimate of drug-likeness (QED) is 0.598. The molecule has 3 aromatic rings. The van der Waals surface area contributed by atoms with Crippen LogP contribution in [-0.4, -0.2) is 51.1 Å². The van der Waals surface area contributed by atoms with Gasteiger partial charge in [-0.05, 0) is 69.3 Å². The monoisotopic (exact) mass is 447 g/mol. The summed E-state index contributed by atoms with van der Waals surface area (Å²) < 4.78 is 7.95. The summed E-state index contributed by atoms with van der Waals surface area (Å²) in [6.45, 7) is 6.50. The van der Waals surface area contributed by atoms with E-state index in [1.807, 2.05) is 30.5 Å². The van der Waals surface area contributed by atoms with Gasteiger partial charge in [-0.15, -0.1) is 0 Å². The van der Waals surface area contributed by atoms with Crippen molar-refractivity contribution in [2.45, 2.75) is 57.8 Å². The number of nitrogens with zero attached hydrogens (tertiary/aromatic N) is 4. The first-order valence-electron chi connectivity index (χ1n) is 12.2. The number of fused-ring (bicyclic) bond motifs is 1. The second-order valence-corrected chi connectivity index (χ2v) is 9.14. The summed E-state index contributed by atoms with van der Waals surface area (Å²) in [6, 6.07) is 14.2. The number of nitrogens with one attached hydrogen (secondary N) is 1. The van der Waals surface area contributed by atoms with Crippen LogP contribution < -0.4 is 5.32 Å². The summed E-state index contributed by atoms with van der Waals surface area (Å²) in [5, 5.41) is 3.30. The van der Waals surface area contributed by atoms with E-state index in [-0.39, 0.29) is 18.1 Å². The molecule has 2 fully saturated rings. The van der Waals surface area contributed by atoms with Gasteiger partial charge in [0, 0.05) is 25.9 Å². The minimum absolute atomic E-state index is 0.00643. The summed E-state index contributed by atoms with van der Waals surface area (Å²) in [5.74, 6) is 1.39. The minimum Gasteiger partial charge on any atom is -0.368 e. The number of rotatable bonds is 7. The highest BCUT2D eigenvalue weighted by Gasteiger charge is 2.33. The molecule has 0 radical (unpaired) electrons. The van der Waals surface area contributed by atoms with Crippen molar-refractivity contribution in [1.29, 1.82) is 0 Å². The standard InChI is InChI=1S/C26H33N5O2/c1-2-31-22-12-4-3-10-20(22)28-24(31)18-30-15-7-9-19(17-30)25(21-11-5-6-14-27-21)29-26(32)23-13-8-16-33-23/h3-6,10-12,14,19,23,25H,2,7-9,13,15-18H2,1H3,(H,29,32)/t19-,23+,25+/m1/s1. The normalized spacial score (nSPS) is 22.5. The predicted octanol–water partition coefficient (Wildman–Crippen LogP) is 3.70. The van der Waals surface area contributed by atoms with Gasteiger partial charge in [-0.25, -0.2) is 4.98 Å². The molecule has 174 valence electrons. The number of imidazole rings is 1. The molecule has 3 atom stereocenters. The van der Waals surface area contributed by atoms with E-state index < -0.39 is 0 Å². The Morgan fingerprint density at radius 1 is 1.18 bits per heavy atom. The molecule has 2 saturated heterocycles. The van der Waals surface area contributed by atoms with Crippen molar-refractivity contribution in [3.05, 3.63) is 60.2 Å². The Kier molecular flexibility index (Phi) is 6.69. The number of hydrogen-bond acceptors (Lipinski definition) is 5. The van der Waals surface area contributed by atoms with Crippen LogP contribution in [-0.2, 0) is 22.6 Å². The van der Waals surface area contributed by atoms with Crippen LogP contribution in [0.5, 0.6) is 0 Å².